The molecule has 14 nitrogen and oxygen atoms in total. The Morgan fingerprint density at radius 2 is 1.44 bits per heavy atom. The van der Waals surface area contributed by atoms with E-state index in [9.17, 15) is 33.6 Å². The Bertz CT molecular complexity index is 723. The number of cyclic esters (lactones) is 2. The van der Waals surface area contributed by atoms with Crippen molar-refractivity contribution in [2.24, 2.45) is 0 Å². The first-order valence-electron chi connectivity index (χ1n) is 10.6. The first kappa shape index (κ1) is 36.8. The first-order chi connectivity index (χ1) is 16.9. The van der Waals surface area contributed by atoms with Crippen LogP contribution in [0, 0.1) is 0 Å². The molecule has 0 bridgehead atoms. The van der Waals surface area contributed by atoms with Crippen molar-refractivity contribution in [1.82, 2.24) is 10.2 Å². The first-order valence-corrected chi connectivity index (χ1v) is 10.6. The minimum absolute atomic E-state index is 0.0486. The van der Waals surface area contributed by atoms with Crippen molar-refractivity contribution in [2.45, 2.75) is 38.5 Å². The predicted octanol–water partition coefficient (Wildman–Crippen LogP) is -0.163. The quantitative estimate of drug-likeness (QED) is 0.167. The molecule has 2 N–H and O–H groups in total. The molecule has 1 saturated heterocycles. The topological polar surface area (TPSA) is 192 Å². The Labute approximate surface area is 209 Å². The third-order valence-electron chi connectivity index (χ3n) is 3.79. The summed E-state index contributed by atoms with van der Waals surface area (Å²) in [6.07, 6.45) is 1.96. The number of ether oxygens (including phenoxy) is 4. The number of carbonyl (C=O) groups is 7. The van der Waals surface area contributed by atoms with E-state index < -0.39 is 29.8 Å². The lowest BCUT2D eigenvalue weighted by Gasteiger charge is -2.15. The highest BCUT2D eigenvalue weighted by molar-refractivity contribution is 5.92. The third-order valence-corrected chi connectivity index (χ3v) is 3.79. The number of nitrogens with zero attached hydrogens (tertiary/aromatic N) is 1. The number of nitrogens with one attached hydrogen (secondary N) is 1. The van der Waals surface area contributed by atoms with Crippen LogP contribution < -0.4 is 5.32 Å². The Hall–Kier alpha value is -3.81. The van der Waals surface area contributed by atoms with Gasteiger partial charge in [-0.25, -0.2) is 4.79 Å². The average molecular weight is 521 g/mol. The molecule has 14 heteroatoms. The van der Waals surface area contributed by atoms with E-state index in [0.29, 0.717) is 13.0 Å². The molecule has 1 fully saturated rings. The van der Waals surface area contributed by atoms with Gasteiger partial charge in [-0.1, -0.05) is 6.58 Å². The Morgan fingerprint density at radius 1 is 0.944 bits per heavy atom. The molecule has 0 unspecified atom stereocenters. The van der Waals surface area contributed by atoms with E-state index in [1.165, 1.54) is 33.3 Å². The zero-order chi connectivity index (χ0) is 28.5. The van der Waals surface area contributed by atoms with Gasteiger partial charge in [0.1, 0.15) is 0 Å². The number of methoxy groups -OCH3 is 3. The van der Waals surface area contributed by atoms with Gasteiger partial charge in [-0.3, -0.25) is 28.8 Å². The molecule has 0 atom stereocenters. The summed E-state index contributed by atoms with van der Waals surface area (Å²) in [6.45, 7) is 4.09. The molecule has 1 aliphatic heterocycles. The zero-order valence-electron chi connectivity index (χ0n) is 21.3. The second-order valence-corrected chi connectivity index (χ2v) is 6.54. The average Bonchev–Trinajstić information content (AvgIpc) is 3.26. The summed E-state index contributed by atoms with van der Waals surface area (Å²) < 4.78 is 17.0. The lowest BCUT2D eigenvalue weighted by molar-refractivity contribution is -0.152. The number of hydrogen-bond donors (Lipinski definition) is 2. The second kappa shape index (κ2) is 24.3. The Kier molecular flexibility index (Phi) is 24.8. The largest absolute Gasteiger partial charge is 0.481 e. The van der Waals surface area contributed by atoms with E-state index in [0.717, 1.165) is 6.08 Å². The summed E-state index contributed by atoms with van der Waals surface area (Å²) in [6, 6.07) is 0. The van der Waals surface area contributed by atoms with Gasteiger partial charge < -0.3 is 34.3 Å². The van der Waals surface area contributed by atoms with Crippen molar-refractivity contribution in [2.75, 3.05) is 48.5 Å². The van der Waals surface area contributed by atoms with Crippen LogP contribution in [0.4, 0.5) is 0 Å². The van der Waals surface area contributed by atoms with E-state index >= 15 is 0 Å². The van der Waals surface area contributed by atoms with Gasteiger partial charge in [0.25, 0.3) is 0 Å². The molecule has 0 aliphatic carbocycles. The van der Waals surface area contributed by atoms with E-state index in [1.54, 1.807) is 7.05 Å². The van der Waals surface area contributed by atoms with Crippen LogP contribution in [0.15, 0.2) is 12.7 Å². The number of carbonyl (C=O) groups excluding carboxylic acids is 6. The third kappa shape index (κ3) is 26.4. The van der Waals surface area contributed by atoms with Gasteiger partial charge in [-0.2, -0.15) is 0 Å². The Morgan fingerprint density at radius 3 is 1.75 bits per heavy atom. The molecule has 0 saturated carbocycles. The molecular formula is C22H36N2O12. The summed E-state index contributed by atoms with van der Waals surface area (Å²) >= 11 is 0. The molecule has 206 valence electrons. The number of rotatable bonds is 10. The number of esters is 5. The number of carboxylic acids is 1. The SMILES string of the molecule is C=CC(=O)OC.CNCCC(=O)OC.COC(=O)CCN(C)C(=O)CCC(=O)O.O=C1CCC(=O)O1. The van der Waals surface area contributed by atoms with Gasteiger partial charge >= 0.3 is 35.8 Å². The van der Waals surface area contributed by atoms with Crippen molar-refractivity contribution in [3.05, 3.63) is 12.7 Å². The summed E-state index contributed by atoms with van der Waals surface area (Å²) in [5.74, 6) is -3.05. The highest BCUT2D eigenvalue weighted by atomic mass is 16.6. The zero-order valence-corrected chi connectivity index (χ0v) is 21.3. The van der Waals surface area contributed by atoms with Crippen molar-refractivity contribution < 1.29 is 57.6 Å². The van der Waals surface area contributed by atoms with Crippen LogP contribution in [-0.4, -0.2) is 100 Å². The minimum Gasteiger partial charge on any atom is -0.481 e. The molecule has 0 aromatic heterocycles. The highest BCUT2D eigenvalue weighted by Crippen LogP contribution is 2.04. The van der Waals surface area contributed by atoms with Gasteiger partial charge in [-0.15, -0.1) is 0 Å². The normalized spacial score (nSPS) is 10.9. The van der Waals surface area contributed by atoms with Gasteiger partial charge in [-0.05, 0) is 7.05 Å². The summed E-state index contributed by atoms with van der Waals surface area (Å²) in [5.41, 5.74) is 0. The van der Waals surface area contributed by atoms with Crippen LogP contribution in [0.25, 0.3) is 0 Å². The predicted molar refractivity (Wildman–Crippen MR) is 124 cm³/mol. The molecule has 36 heavy (non-hydrogen) atoms. The standard InChI is InChI=1S/C9H15NO5.C5H11NO2.C4H4O3.C4H6O2/c1-10(6-5-9(14)15-2)7(11)3-4-8(12)13;1-6-4-3-5(7)8-2;5-3-1-2-4(6)7-3;1-3-4(5)6-2/h3-6H2,1-2H3,(H,12,13);6H,3-4H2,1-2H3;1-2H2;3H,1H2,2H3. The fourth-order valence-electron chi connectivity index (χ4n) is 1.74. The lowest BCUT2D eigenvalue weighted by Crippen LogP contribution is -2.29. The number of aliphatic carboxylic acids is 1. The fraction of sp³-hybridized carbons (Fsp3) is 0.591. The van der Waals surface area contributed by atoms with E-state index in [4.69, 9.17) is 5.11 Å². The maximum atomic E-state index is 11.3. The lowest BCUT2D eigenvalue weighted by atomic mass is 10.2. The molecule has 1 amide bonds. The van der Waals surface area contributed by atoms with Crippen LogP contribution in [0.2, 0.25) is 0 Å². The van der Waals surface area contributed by atoms with Crippen LogP contribution in [0.3, 0.4) is 0 Å². The molecular weight excluding hydrogens is 484 g/mol. The minimum atomic E-state index is -1.01. The van der Waals surface area contributed by atoms with Crippen LogP contribution in [0.5, 0.6) is 0 Å². The maximum Gasteiger partial charge on any atom is 0.329 e. The van der Waals surface area contributed by atoms with Crippen molar-refractivity contribution >= 4 is 41.7 Å². The summed E-state index contributed by atoms with van der Waals surface area (Å²) in [5, 5.41) is 11.2. The van der Waals surface area contributed by atoms with E-state index in [1.807, 2.05) is 0 Å². The number of amides is 1. The fourth-order valence-corrected chi connectivity index (χ4v) is 1.74. The summed E-state index contributed by atoms with van der Waals surface area (Å²) in [7, 11) is 7.28. The van der Waals surface area contributed by atoms with Gasteiger partial charge in [0.15, 0.2) is 0 Å². The van der Waals surface area contributed by atoms with Gasteiger partial charge in [0, 0.05) is 32.6 Å². The molecule has 1 heterocycles. The van der Waals surface area contributed by atoms with E-state index in [2.05, 4.69) is 30.8 Å². The molecule has 0 spiro atoms. The maximum absolute atomic E-state index is 11.3. The second-order valence-electron chi connectivity index (χ2n) is 6.54. The Balaban J connectivity index is -0.000000437. The smallest absolute Gasteiger partial charge is 0.329 e. The van der Waals surface area contributed by atoms with Gasteiger partial charge in [0.05, 0.1) is 53.4 Å². The van der Waals surface area contributed by atoms with Crippen molar-refractivity contribution in [3.8, 4) is 0 Å². The monoisotopic (exact) mass is 520 g/mol. The number of hydrogen-bond acceptors (Lipinski definition) is 12. The molecule has 1 rings (SSSR count). The summed E-state index contributed by atoms with van der Waals surface area (Å²) in [4.78, 5) is 73.7. The highest BCUT2D eigenvalue weighted by Gasteiger charge is 2.19. The van der Waals surface area contributed by atoms with E-state index in [-0.39, 0.29) is 50.5 Å². The van der Waals surface area contributed by atoms with Crippen LogP contribution >= 0.6 is 0 Å². The molecule has 0 aromatic carbocycles. The van der Waals surface area contributed by atoms with Crippen molar-refractivity contribution in [1.29, 1.82) is 0 Å². The van der Waals surface area contributed by atoms with Gasteiger partial charge in [0.2, 0.25) is 5.91 Å². The molecule has 1 aliphatic rings. The van der Waals surface area contributed by atoms with Crippen LogP contribution in [0.1, 0.15) is 38.5 Å². The van der Waals surface area contributed by atoms with Crippen LogP contribution in [-0.2, 0) is 52.5 Å². The van der Waals surface area contributed by atoms with Crippen molar-refractivity contribution in [3.63, 3.8) is 0 Å². The molecule has 0 aromatic rings. The number of carboxylic acid groups (broad SMARTS) is 1. The molecule has 0 radical (unpaired) electrons.